The van der Waals surface area contributed by atoms with Gasteiger partial charge in [-0.2, -0.15) is 18.2 Å². The number of rotatable bonds is 4. The fourth-order valence-corrected chi connectivity index (χ4v) is 3.65. The first-order valence-electron chi connectivity index (χ1n) is 10.4. The normalized spacial score (nSPS) is 14.3. The predicted molar refractivity (Wildman–Crippen MR) is 125 cm³/mol. The van der Waals surface area contributed by atoms with Gasteiger partial charge in [-0.05, 0) is 19.1 Å². The summed E-state index contributed by atoms with van der Waals surface area (Å²) in [6, 6.07) is 7.31. The van der Waals surface area contributed by atoms with Crippen LogP contribution in [0.4, 0.5) is 19.1 Å². The summed E-state index contributed by atoms with van der Waals surface area (Å²) in [5, 5.41) is 10.9. The number of piperazine rings is 1. The number of aromatic nitrogens is 4. The number of H-pyrrole nitrogens is 1. The number of halogens is 4. The second kappa shape index (κ2) is 10.8. The van der Waals surface area contributed by atoms with Gasteiger partial charge in [0.15, 0.2) is 11.2 Å². The molecule has 10 nitrogen and oxygen atoms in total. The number of carboxylic acid groups (broad SMARTS) is 1. The summed E-state index contributed by atoms with van der Waals surface area (Å²) in [6.07, 6.45) is -1.39. The van der Waals surface area contributed by atoms with Crippen LogP contribution in [0.15, 0.2) is 46.0 Å². The topological polar surface area (TPSA) is 125 Å². The molecule has 0 saturated carbocycles. The van der Waals surface area contributed by atoms with Gasteiger partial charge in [0.1, 0.15) is 0 Å². The van der Waals surface area contributed by atoms with Crippen LogP contribution in [0.2, 0.25) is 5.02 Å². The number of carbonyl (C=O) groups is 1. The number of hydrogen-bond acceptors (Lipinski definition) is 6. The van der Waals surface area contributed by atoms with E-state index in [0.717, 1.165) is 26.2 Å². The Labute approximate surface area is 201 Å². The Morgan fingerprint density at radius 3 is 2.43 bits per heavy atom. The van der Waals surface area contributed by atoms with E-state index < -0.39 is 23.4 Å². The van der Waals surface area contributed by atoms with Crippen molar-refractivity contribution in [3.05, 3.63) is 62.3 Å². The van der Waals surface area contributed by atoms with Crippen LogP contribution in [0.1, 0.15) is 6.92 Å². The van der Waals surface area contributed by atoms with Crippen LogP contribution in [-0.4, -0.2) is 62.5 Å². The van der Waals surface area contributed by atoms with Crippen molar-refractivity contribution >= 4 is 34.7 Å². The predicted octanol–water partition coefficient (Wildman–Crippen LogP) is 2.15. The second-order valence-corrected chi connectivity index (χ2v) is 7.76. The third-order valence-electron chi connectivity index (χ3n) is 5.04. The number of para-hydroxylation sites is 1. The number of aliphatic carboxylic acids is 1. The number of alkyl halides is 3. The number of nitrogens with zero attached hydrogens (tertiary/aromatic N) is 4. The fourth-order valence-electron chi connectivity index (χ4n) is 3.43. The van der Waals surface area contributed by atoms with Crippen LogP contribution in [0.5, 0.6) is 0 Å². The Morgan fingerprint density at radius 1 is 1.23 bits per heavy atom. The SMILES string of the molecule is CC=CCn1c(=O)[nH]c(=O)c2c1nc(N1CCNCC1)n2-c1ccccc1Cl.O=C(O)C(F)(F)F. The molecular formula is C21H22ClF3N6O4. The van der Waals surface area contributed by atoms with Gasteiger partial charge in [0.05, 0.1) is 10.7 Å². The maximum Gasteiger partial charge on any atom is 0.490 e. The van der Waals surface area contributed by atoms with E-state index in [2.05, 4.69) is 15.2 Å². The van der Waals surface area contributed by atoms with E-state index in [9.17, 15) is 22.8 Å². The molecule has 0 aliphatic carbocycles. The zero-order valence-corrected chi connectivity index (χ0v) is 19.2. The highest BCUT2D eigenvalue weighted by atomic mass is 35.5. The molecule has 4 rings (SSSR count). The van der Waals surface area contributed by atoms with Crippen molar-refractivity contribution in [2.45, 2.75) is 19.6 Å². The minimum Gasteiger partial charge on any atom is -0.475 e. The van der Waals surface area contributed by atoms with Crippen LogP contribution in [-0.2, 0) is 11.3 Å². The van der Waals surface area contributed by atoms with Crippen molar-refractivity contribution in [3.8, 4) is 5.69 Å². The van der Waals surface area contributed by atoms with Gasteiger partial charge >= 0.3 is 17.8 Å². The molecule has 35 heavy (non-hydrogen) atoms. The molecule has 0 amide bonds. The average molecular weight is 515 g/mol. The lowest BCUT2D eigenvalue weighted by molar-refractivity contribution is -0.192. The maximum absolute atomic E-state index is 12.8. The molecule has 188 valence electrons. The molecule has 1 aliphatic heterocycles. The molecule has 0 unspecified atom stereocenters. The third-order valence-corrected chi connectivity index (χ3v) is 5.36. The lowest BCUT2D eigenvalue weighted by atomic mass is 10.3. The summed E-state index contributed by atoms with van der Waals surface area (Å²) in [6.45, 7) is 5.31. The lowest BCUT2D eigenvalue weighted by Gasteiger charge is -2.28. The van der Waals surface area contributed by atoms with E-state index in [0.29, 0.717) is 34.4 Å². The van der Waals surface area contributed by atoms with Crippen LogP contribution < -0.4 is 21.5 Å². The van der Waals surface area contributed by atoms with E-state index >= 15 is 0 Å². The summed E-state index contributed by atoms with van der Waals surface area (Å²) in [7, 11) is 0. The van der Waals surface area contributed by atoms with Crippen LogP contribution in [0.25, 0.3) is 16.9 Å². The van der Waals surface area contributed by atoms with Gasteiger partial charge < -0.3 is 15.3 Å². The second-order valence-electron chi connectivity index (χ2n) is 7.35. The van der Waals surface area contributed by atoms with Gasteiger partial charge in [-0.3, -0.25) is 18.9 Å². The Hall–Kier alpha value is -3.58. The molecule has 0 atom stereocenters. The van der Waals surface area contributed by atoms with Crippen molar-refractivity contribution in [3.63, 3.8) is 0 Å². The monoisotopic (exact) mass is 514 g/mol. The minimum absolute atomic E-state index is 0.311. The molecular weight excluding hydrogens is 493 g/mol. The third kappa shape index (κ3) is 5.74. The van der Waals surface area contributed by atoms with E-state index in [1.165, 1.54) is 4.57 Å². The van der Waals surface area contributed by atoms with Crippen molar-refractivity contribution in [2.75, 3.05) is 31.1 Å². The average Bonchev–Trinajstić information content (AvgIpc) is 3.20. The molecule has 1 aliphatic rings. The summed E-state index contributed by atoms with van der Waals surface area (Å²) in [5.74, 6) is -2.15. The van der Waals surface area contributed by atoms with Gasteiger partial charge in [0, 0.05) is 32.7 Å². The maximum atomic E-state index is 12.8. The first-order valence-corrected chi connectivity index (χ1v) is 10.8. The number of allylic oxidation sites excluding steroid dienone is 2. The molecule has 14 heteroatoms. The highest BCUT2D eigenvalue weighted by Crippen LogP contribution is 2.29. The summed E-state index contributed by atoms with van der Waals surface area (Å²) < 4.78 is 35.0. The zero-order valence-electron chi connectivity index (χ0n) is 18.5. The minimum atomic E-state index is -5.08. The number of anilines is 1. The summed E-state index contributed by atoms with van der Waals surface area (Å²) in [5.41, 5.74) is 0.352. The van der Waals surface area contributed by atoms with E-state index in [1.807, 2.05) is 37.3 Å². The molecule has 3 aromatic rings. The molecule has 3 heterocycles. The van der Waals surface area contributed by atoms with Gasteiger partial charge in [0.25, 0.3) is 5.56 Å². The van der Waals surface area contributed by atoms with Crippen LogP contribution >= 0.6 is 11.6 Å². The van der Waals surface area contributed by atoms with E-state index in [-0.39, 0.29) is 0 Å². The number of benzene rings is 1. The Balaban J connectivity index is 0.000000429. The first kappa shape index (κ1) is 26.0. The van der Waals surface area contributed by atoms with Crippen molar-refractivity contribution in [1.29, 1.82) is 0 Å². The molecule has 1 fully saturated rings. The fraction of sp³-hybridized carbons (Fsp3) is 0.333. The van der Waals surface area contributed by atoms with Gasteiger partial charge in [-0.1, -0.05) is 35.9 Å². The molecule has 0 bridgehead atoms. The summed E-state index contributed by atoms with van der Waals surface area (Å²) >= 11 is 6.46. The summed E-state index contributed by atoms with van der Waals surface area (Å²) in [4.78, 5) is 43.4. The lowest BCUT2D eigenvalue weighted by Crippen LogP contribution is -2.44. The highest BCUT2D eigenvalue weighted by Gasteiger charge is 2.38. The standard InChI is InChI=1S/C19H21ClN6O2.C2HF3O2/c1-2-3-10-25-16-15(17(27)23-19(25)28)26(14-7-5-4-6-13(14)20)18(22-16)24-11-8-21-9-12-24;3-2(4,5)1(6)7/h2-7,21H,8-12H2,1H3,(H,23,27,28);(H,6,7). The largest absolute Gasteiger partial charge is 0.490 e. The molecule has 0 radical (unpaired) electrons. The van der Waals surface area contributed by atoms with Crippen molar-refractivity contribution in [1.82, 2.24) is 24.4 Å². The van der Waals surface area contributed by atoms with Gasteiger partial charge in [-0.25, -0.2) is 9.59 Å². The first-order chi connectivity index (χ1) is 16.6. The van der Waals surface area contributed by atoms with Crippen LogP contribution in [0.3, 0.4) is 0 Å². The van der Waals surface area contributed by atoms with E-state index in [4.69, 9.17) is 26.5 Å². The number of hydrogen-bond donors (Lipinski definition) is 3. The smallest absolute Gasteiger partial charge is 0.475 e. The Kier molecular flexibility index (Phi) is 8.02. The number of nitrogens with one attached hydrogen (secondary N) is 2. The van der Waals surface area contributed by atoms with Gasteiger partial charge in [0.2, 0.25) is 5.95 Å². The highest BCUT2D eigenvalue weighted by molar-refractivity contribution is 6.32. The Bertz CT molecular complexity index is 1360. The van der Waals surface area contributed by atoms with Crippen molar-refractivity contribution < 1.29 is 23.1 Å². The number of carboxylic acids is 1. The molecule has 1 aromatic carbocycles. The zero-order chi connectivity index (χ0) is 25.8. The number of imidazole rings is 1. The van der Waals surface area contributed by atoms with E-state index in [1.54, 1.807) is 10.6 Å². The quantitative estimate of drug-likeness (QED) is 0.455. The van der Waals surface area contributed by atoms with Gasteiger partial charge in [-0.15, -0.1) is 0 Å². The molecule has 2 aromatic heterocycles. The number of fused-ring (bicyclic) bond motifs is 1. The molecule has 0 spiro atoms. The van der Waals surface area contributed by atoms with Crippen LogP contribution in [0, 0.1) is 0 Å². The Morgan fingerprint density at radius 2 is 1.86 bits per heavy atom. The molecule has 3 N–H and O–H groups in total. The number of aromatic amines is 1. The van der Waals surface area contributed by atoms with Crippen molar-refractivity contribution in [2.24, 2.45) is 0 Å². The molecule has 1 saturated heterocycles.